The molecule has 0 saturated carbocycles. The molecule has 0 aliphatic carbocycles. The molecule has 1 aliphatic heterocycles. The van der Waals surface area contributed by atoms with E-state index < -0.39 is 15.3 Å². The van der Waals surface area contributed by atoms with Crippen LogP contribution in [0.3, 0.4) is 0 Å². The Hall–Kier alpha value is -2.55. The van der Waals surface area contributed by atoms with Crippen molar-refractivity contribution < 1.29 is 8.42 Å². The topological polar surface area (TPSA) is 92.4 Å². The van der Waals surface area contributed by atoms with Crippen molar-refractivity contribution in [3.63, 3.8) is 0 Å². The minimum atomic E-state index is -3.75. The summed E-state index contributed by atoms with van der Waals surface area (Å²) in [6, 6.07) is 15.3. The van der Waals surface area contributed by atoms with Crippen LogP contribution in [0.25, 0.3) is 10.8 Å². The average Bonchev–Trinajstić information content (AvgIpc) is 2.72. The van der Waals surface area contributed by atoms with Crippen molar-refractivity contribution in [2.24, 2.45) is 5.14 Å². The highest BCUT2D eigenvalue weighted by molar-refractivity contribution is 7.89. The van der Waals surface area contributed by atoms with Crippen LogP contribution in [0.4, 0.5) is 5.95 Å². The number of piperazine rings is 1. The number of nitrogens with zero attached hydrogens (tertiary/aromatic N) is 4. The Bertz CT molecular complexity index is 1050. The first kappa shape index (κ1) is 18.8. The molecular formula is C20H23N5O2S. The summed E-state index contributed by atoms with van der Waals surface area (Å²) < 4.78 is 24.9. The number of hydrogen-bond acceptors (Lipinski definition) is 6. The smallest absolute Gasteiger partial charge is 0.225 e. The monoisotopic (exact) mass is 397 g/mol. The number of primary sulfonamides is 1. The molecule has 1 fully saturated rings. The second-order valence-corrected chi connectivity index (χ2v) is 8.73. The van der Waals surface area contributed by atoms with Gasteiger partial charge >= 0.3 is 0 Å². The lowest BCUT2D eigenvalue weighted by molar-refractivity contribution is 0.256. The molecule has 1 atom stereocenters. The zero-order chi connectivity index (χ0) is 19.6. The van der Waals surface area contributed by atoms with Gasteiger partial charge in [0, 0.05) is 45.1 Å². The third kappa shape index (κ3) is 3.99. The van der Waals surface area contributed by atoms with Crippen molar-refractivity contribution in [2.75, 3.05) is 37.6 Å². The summed E-state index contributed by atoms with van der Waals surface area (Å²) in [6.07, 6.45) is 3.46. The third-order valence-corrected chi connectivity index (χ3v) is 6.39. The Kier molecular flexibility index (Phi) is 5.25. The van der Waals surface area contributed by atoms with Gasteiger partial charge in [0.25, 0.3) is 0 Å². The first-order valence-electron chi connectivity index (χ1n) is 9.26. The van der Waals surface area contributed by atoms with E-state index in [0.29, 0.717) is 12.5 Å². The predicted molar refractivity (Wildman–Crippen MR) is 110 cm³/mol. The first-order chi connectivity index (χ1) is 13.5. The lowest BCUT2D eigenvalue weighted by Crippen LogP contribution is -2.49. The van der Waals surface area contributed by atoms with Crippen molar-refractivity contribution in [2.45, 2.75) is 5.25 Å². The maximum atomic E-state index is 12.5. The van der Waals surface area contributed by atoms with Crippen LogP contribution in [0.15, 0.2) is 60.9 Å². The van der Waals surface area contributed by atoms with Crippen molar-refractivity contribution >= 4 is 26.7 Å². The summed E-state index contributed by atoms with van der Waals surface area (Å²) in [5.74, 6) is 0.708. The van der Waals surface area contributed by atoms with Crippen molar-refractivity contribution in [3.05, 3.63) is 66.5 Å². The van der Waals surface area contributed by atoms with E-state index in [-0.39, 0.29) is 0 Å². The zero-order valence-electron chi connectivity index (χ0n) is 15.5. The van der Waals surface area contributed by atoms with Crippen LogP contribution in [-0.4, -0.2) is 56.0 Å². The van der Waals surface area contributed by atoms with Gasteiger partial charge in [-0.25, -0.2) is 23.5 Å². The number of benzene rings is 2. The second kappa shape index (κ2) is 7.83. The molecule has 0 bridgehead atoms. The molecule has 1 aromatic heterocycles. The van der Waals surface area contributed by atoms with Gasteiger partial charge in [-0.15, -0.1) is 0 Å². The van der Waals surface area contributed by atoms with E-state index in [4.69, 9.17) is 5.14 Å². The molecule has 1 unspecified atom stereocenters. The van der Waals surface area contributed by atoms with Gasteiger partial charge in [-0.05, 0) is 22.4 Å². The SMILES string of the molecule is NS(=O)(=O)C(CN1CCN(c2ncccn2)CC1)c1cccc2ccccc12. The summed E-state index contributed by atoms with van der Waals surface area (Å²) >= 11 is 0. The van der Waals surface area contributed by atoms with Crippen LogP contribution in [-0.2, 0) is 10.0 Å². The van der Waals surface area contributed by atoms with E-state index in [1.54, 1.807) is 18.5 Å². The molecule has 1 aliphatic rings. The Balaban J connectivity index is 1.54. The molecule has 7 nitrogen and oxygen atoms in total. The highest BCUT2D eigenvalue weighted by Crippen LogP contribution is 2.29. The minimum Gasteiger partial charge on any atom is -0.338 e. The van der Waals surface area contributed by atoms with E-state index in [9.17, 15) is 8.42 Å². The number of rotatable bonds is 5. The maximum absolute atomic E-state index is 12.5. The fourth-order valence-electron chi connectivity index (χ4n) is 3.73. The fourth-order valence-corrected chi connectivity index (χ4v) is 4.71. The van der Waals surface area contributed by atoms with E-state index in [0.717, 1.165) is 42.5 Å². The second-order valence-electron chi connectivity index (χ2n) is 6.98. The summed E-state index contributed by atoms with van der Waals surface area (Å²) in [7, 11) is -3.75. The lowest BCUT2D eigenvalue weighted by Gasteiger charge is -2.36. The molecule has 3 aromatic rings. The van der Waals surface area contributed by atoms with E-state index in [1.165, 1.54) is 0 Å². The lowest BCUT2D eigenvalue weighted by atomic mass is 10.0. The normalized spacial score (nSPS) is 17.0. The number of fused-ring (bicyclic) bond motifs is 1. The van der Waals surface area contributed by atoms with Crippen LogP contribution in [0.5, 0.6) is 0 Å². The number of aromatic nitrogens is 2. The Labute approximate surface area is 164 Å². The van der Waals surface area contributed by atoms with Gasteiger partial charge in [-0.3, -0.25) is 4.90 Å². The molecule has 8 heteroatoms. The molecule has 2 aromatic carbocycles. The van der Waals surface area contributed by atoms with Crippen LogP contribution in [0.2, 0.25) is 0 Å². The standard InChI is InChI=1S/C20H23N5O2S/c21-28(26,27)19(18-8-3-6-16-5-1-2-7-17(16)18)15-24-11-13-25(14-12-24)20-22-9-4-10-23-20/h1-10,19H,11-15H2,(H2,21,26,27). The van der Waals surface area contributed by atoms with Gasteiger partial charge in [0.05, 0.1) is 0 Å². The third-order valence-electron chi connectivity index (χ3n) is 5.20. The highest BCUT2D eigenvalue weighted by atomic mass is 32.2. The summed E-state index contributed by atoms with van der Waals surface area (Å²) in [5, 5.41) is 6.83. The van der Waals surface area contributed by atoms with Crippen LogP contribution < -0.4 is 10.0 Å². The largest absolute Gasteiger partial charge is 0.338 e. The number of hydrogen-bond donors (Lipinski definition) is 1. The first-order valence-corrected chi connectivity index (χ1v) is 10.9. The number of nitrogens with two attached hydrogens (primary N) is 1. The molecule has 0 spiro atoms. The van der Waals surface area contributed by atoms with E-state index in [1.807, 2.05) is 42.5 Å². The van der Waals surface area contributed by atoms with E-state index >= 15 is 0 Å². The van der Waals surface area contributed by atoms with Crippen LogP contribution >= 0.6 is 0 Å². The highest BCUT2D eigenvalue weighted by Gasteiger charge is 2.29. The van der Waals surface area contributed by atoms with Gasteiger partial charge < -0.3 is 4.90 Å². The van der Waals surface area contributed by atoms with Gasteiger partial charge in [-0.1, -0.05) is 42.5 Å². The molecule has 2 N–H and O–H groups in total. The van der Waals surface area contributed by atoms with Crippen LogP contribution in [0.1, 0.15) is 10.8 Å². The average molecular weight is 398 g/mol. The number of sulfonamides is 1. The van der Waals surface area contributed by atoms with Crippen molar-refractivity contribution in [1.82, 2.24) is 14.9 Å². The molecular weight excluding hydrogens is 374 g/mol. The molecule has 28 heavy (non-hydrogen) atoms. The molecule has 2 heterocycles. The van der Waals surface area contributed by atoms with Crippen molar-refractivity contribution in [3.8, 4) is 0 Å². The van der Waals surface area contributed by atoms with Gasteiger partial charge in [0.2, 0.25) is 16.0 Å². The fraction of sp³-hybridized carbons (Fsp3) is 0.300. The molecule has 4 rings (SSSR count). The quantitative estimate of drug-likeness (QED) is 0.706. The summed E-state index contributed by atoms with van der Waals surface area (Å²) in [4.78, 5) is 12.8. The predicted octanol–water partition coefficient (Wildman–Crippen LogP) is 1.78. The minimum absolute atomic E-state index is 0.371. The Morgan fingerprint density at radius 1 is 0.929 bits per heavy atom. The van der Waals surface area contributed by atoms with Gasteiger partial charge in [-0.2, -0.15) is 0 Å². The molecule has 0 radical (unpaired) electrons. The summed E-state index contributed by atoms with van der Waals surface area (Å²) in [6.45, 7) is 3.33. The maximum Gasteiger partial charge on any atom is 0.225 e. The van der Waals surface area contributed by atoms with Crippen LogP contribution in [0, 0.1) is 0 Å². The summed E-state index contributed by atoms with van der Waals surface area (Å²) in [5.41, 5.74) is 0.759. The zero-order valence-corrected chi connectivity index (χ0v) is 16.3. The van der Waals surface area contributed by atoms with Gasteiger partial charge in [0.15, 0.2) is 0 Å². The molecule has 0 amide bonds. The molecule has 146 valence electrons. The van der Waals surface area contributed by atoms with Crippen molar-refractivity contribution in [1.29, 1.82) is 0 Å². The molecule has 1 saturated heterocycles. The number of anilines is 1. The van der Waals surface area contributed by atoms with E-state index in [2.05, 4.69) is 19.8 Å². The Morgan fingerprint density at radius 3 is 2.32 bits per heavy atom. The van der Waals surface area contributed by atoms with Gasteiger partial charge in [0.1, 0.15) is 5.25 Å². The Morgan fingerprint density at radius 2 is 1.61 bits per heavy atom.